The Kier molecular flexibility index (Phi) is 5.56. The molecule has 30 heavy (non-hydrogen) atoms. The van der Waals surface area contributed by atoms with Gasteiger partial charge in [0.1, 0.15) is 18.0 Å². The lowest BCUT2D eigenvalue weighted by atomic mass is 9.95. The lowest BCUT2D eigenvalue weighted by Crippen LogP contribution is -2.46. The van der Waals surface area contributed by atoms with Gasteiger partial charge in [-0.3, -0.25) is 4.90 Å². The van der Waals surface area contributed by atoms with Crippen LogP contribution in [0.15, 0.2) is 60.9 Å². The second kappa shape index (κ2) is 8.62. The van der Waals surface area contributed by atoms with Gasteiger partial charge in [-0.2, -0.15) is 0 Å². The third-order valence-electron chi connectivity index (χ3n) is 6.25. The summed E-state index contributed by atoms with van der Waals surface area (Å²) in [5, 5.41) is 3.99. The molecule has 0 spiro atoms. The number of anilines is 3. The predicted molar refractivity (Wildman–Crippen MR) is 123 cm³/mol. The number of para-hydroxylation sites is 1. The number of nitrogens with zero attached hydrogens (tertiary/aromatic N) is 4. The predicted octanol–water partition coefficient (Wildman–Crippen LogP) is 4.90. The standard InChI is InChI=1S/C24H26ClN5/c25-21-7-3-4-8-22(21)28-23-15-24(27-17-26-23)29-13-10-20(11-14-29)30-12-9-18-5-1-2-6-19(18)16-30/h1-8,15,17,20H,9-14,16H2,(H,26,27,28). The zero-order chi connectivity index (χ0) is 20.3. The van der Waals surface area contributed by atoms with Gasteiger partial charge in [0.05, 0.1) is 10.7 Å². The quantitative estimate of drug-likeness (QED) is 0.651. The number of hydrogen-bond donors (Lipinski definition) is 1. The molecule has 154 valence electrons. The first kappa shape index (κ1) is 19.3. The first-order chi connectivity index (χ1) is 14.8. The van der Waals surface area contributed by atoms with Gasteiger partial charge >= 0.3 is 0 Å². The van der Waals surface area contributed by atoms with Crippen molar-refractivity contribution in [3.63, 3.8) is 0 Å². The molecule has 3 heterocycles. The number of rotatable bonds is 4. The van der Waals surface area contributed by atoms with Crippen LogP contribution >= 0.6 is 11.6 Å². The van der Waals surface area contributed by atoms with Crippen LogP contribution in [0.4, 0.5) is 17.3 Å². The van der Waals surface area contributed by atoms with E-state index in [9.17, 15) is 0 Å². The summed E-state index contributed by atoms with van der Waals surface area (Å²) >= 11 is 6.26. The SMILES string of the molecule is Clc1ccccc1Nc1cc(N2CCC(N3CCc4ccccc4C3)CC2)ncn1. The highest BCUT2D eigenvalue weighted by Crippen LogP contribution is 2.28. The minimum atomic E-state index is 0.650. The van der Waals surface area contributed by atoms with Crippen LogP contribution in [0.25, 0.3) is 0 Å². The molecular weight excluding hydrogens is 394 g/mol. The summed E-state index contributed by atoms with van der Waals surface area (Å²) in [5.41, 5.74) is 3.87. The van der Waals surface area contributed by atoms with E-state index in [2.05, 4.69) is 49.4 Å². The van der Waals surface area contributed by atoms with E-state index in [-0.39, 0.29) is 0 Å². The zero-order valence-corrected chi connectivity index (χ0v) is 17.7. The molecule has 0 amide bonds. The molecule has 1 N–H and O–H groups in total. The average molecular weight is 420 g/mol. The molecule has 2 aromatic carbocycles. The van der Waals surface area contributed by atoms with Crippen LogP contribution in [0.5, 0.6) is 0 Å². The van der Waals surface area contributed by atoms with E-state index in [4.69, 9.17) is 11.6 Å². The Morgan fingerprint density at radius 1 is 0.900 bits per heavy atom. The largest absolute Gasteiger partial charge is 0.356 e. The third kappa shape index (κ3) is 4.13. The Morgan fingerprint density at radius 2 is 1.67 bits per heavy atom. The molecule has 0 unspecified atom stereocenters. The number of piperidine rings is 1. The van der Waals surface area contributed by atoms with Crippen LogP contribution in [0.1, 0.15) is 24.0 Å². The van der Waals surface area contributed by atoms with Crippen molar-refractivity contribution >= 4 is 28.9 Å². The first-order valence-corrected chi connectivity index (χ1v) is 11.0. The molecule has 1 saturated heterocycles. The molecule has 1 aromatic heterocycles. The highest BCUT2D eigenvalue weighted by molar-refractivity contribution is 6.33. The Morgan fingerprint density at radius 3 is 2.50 bits per heavy atom. The Labute approximate surface area is 182 Å². The van der Waals surface area contributed by atoms with E-state index >= 15 is 0 Å². The maximum Gasteiger partial charge on any atom is 0.135 e. The molecular formula is C24H26ClN5. The van der Waals surface area contributed by atoms with E-state index in [1.54, 1.807) is 6.33 Å². The highest BCUT2D eigenvalue weighted by atomic mass is 35.5. The molecule has 5 nitrogen and oxygen atoms in total. The maximum atomic E-state index is 6.26. The molecule has 0 saturated carbocycles. The van der Waals surface area contributed by atoms with Gasteiger partial charge in [-0.25, -0.2) is 9.97 Å². The van der Waals surface area contributed by atoms with Gasteiger partial charge in [0.15, 0.2) is 0 Å². The molecule has 5 rings (SSSR count). The van der Waals surface area contributed by atoms with Crippen molar-refractivity contribution in [1.29, 1.82) is 0 Å². The average Bonchev–Trinajstić information content (AvgIpc) is 2.81. The van der Waals surface area contributed by atoms with Gasteiger partial charge in [0.25, 0.3) is 0 Å². The van der Waals surface area contributed by atoms with E-state index in [0.717, 1.165) is 37.0 Å². The van der Waals surface area contributed by atoms with Crippen molar-refractivity contribution in [2.45, 2.75) is 31.8 Å². The monoisotopic (exact) mass is 419 g/mol. The normalized spacial score (nSPS) is 17.6. The number of hydrogen-bond acceptors (Lipinski definition) is 5. The van der Waals surface area contributed by atoms with Crippen molar-refractivity contribution in [2.75, 3.05) is 29.9 Å². The minimum Gasteiger partial charge on any atom is -0.356 e. The Bertz CT molecular complexity index is 1020. The Balaban J connectivity index is 1.21. The number of benzene rings is 2. The number of fused-ring (bicyclic) bond motifs is 1. The van der Waals surface area contributed by atoms with Crippen molar-refractivity contribution < 1.29 is 0 Å². The van der Waals surface area contributed by atoms with Crippen molar-refractivity contribution in [2.24, 2.45) is 0 Å². The zero-order valence-electron chi connectivity index (χ0n) is 17.0. The summed E-state index contributed by atoms with van der Waals surface area (Å²) < 4.78 is 0. The maximum absolute atomic E-state index is 6.26. The summed E-state index contributed by atoms with van der Waals surface area (Å²) in [6.45, 7) is 4.29. The minimum absolute atomic E-state index is 0.650. The molecule has 6 heteroatoms. The van der Waals surface area contributed by atoms with Gasteiger partial charge in [-0.15, -0.1) is 0 Å². The van der Waals surface area contributed by atoms with Gasteiger partial charge in [-0.1, -0.05) is 48.0 Å². The number of aromatic nitrogens is 2. The van der Waals surface area contributed by atoms with Gasteiger partial charge in [0.2, 0.25) is 0 Å². The second-order valence-corrected chi connectivity index (χ2v) is 8.48. The molecule has 0 aliphatic carbocycles. The van der Waals surface area contributed by atoms with E-state index in [1.807, 2.05) is 30.3 Å². The fraction of sp³-hybridized carbons (Fsp3) is 0.333. The van der Waals surface area contributed by atoms with Crippen molar-refractivity contribution in [1.82, 2.24) is 14.9 Å². The third-order valence-corrected chi connectivity index (χ3v) is 6.58. The van der Waals surface area contributed by atoms with Gasteiger partial charge in [-0.05, 0) is 42.5 Å². The molecule has 0 radical (unpaired) electrons. The molecule has 0 atom stereocenters. The van der Waals surface area contributed by atoms with Crippen molar-refractivity contribution in [3.05, 3.63) is 77.1 Å². The van der Waals surface area contributed by atoms with Gasteiger partial charge in [0, 0.05) is 38.3 Å². The molecule has 2 aliphatic heterocycles. The summed E-state index contributed by atoms with van der Waals surface area (Å²) in [6.07, 6.45) is 5.13. The lowest BCUT2D eigenvalue weighted by Gasteiger charge is -2.41. The van der Waals surface area contributed by atoms with Crippen LogP contribution < -0.4 is 10.2 Å². The van der Waals surface area contributed by atoms with Crippen LogP contribution in [0.3, 0.4) is 0 Å². The van der Waals surface area contributed by atoms with E-state index in [1.165, 1.54) is 36.9 Å². The second-order valence-electron chi connectivity index (χ2n) is 8.07. The molecule has 3 aromatic rings. The molecule has 1 fully saturated rings. The van der Waals surface area contributed by atoms with Crippen LogP contribution in [-0.2, 0) is 13.0 Å². The topological polar surface area (TPSA) is 44.3 Å². The van der Waals surface area contributed by atoms with Gasteiger partial charge < -0.3 is 10.2 Å². The highest BCUT2D eigenvalue weighted by Gasteiger charge is 2.27. The molecule has 0 bridgehead atoms. The fourth-order valence-corrected chi connectivity index (χ4v) is 4.76. The van der Waals surface area contributed by atoms with Crippen LogP contribution in [0.2, 0.25) is 5.02 Å². The first-order valence-electron chi connectivity index (χ1n) is 10.7. The summed E-state index contributed by atoms with van der Waals surface area (Å²) in [7, 11) is 0. The summed E-state index contributed by atoms with van der Waals surface area (Å²) in [5.74, 6) is 1.74. The Hall–Kier alpha value is -2.63. The number of nitrogens with one attached hydrogen (secondary N) is 1. The summed E-state index contributed by atoms with van der Waals surface area (Å²) in [6, 6.07) is 19.2. The summed E-state index contributed by atoms with van der Waals surface area (Å²) in [4.78, 5) is 13.9. The van der Waals surface area contributed by atoms with Crippen LogP contribution in [-0.4, -0.2) is 40.5 Å². The van der Waals surface area contributed by atoms with Crippen molar-refractivity contribution in [3.8, 4) is 0 Å². The molecule has 2 aliphatic rings. The van der Waals surface area contributed by atoms with E-state index in [0.29, 0.717) is 11.1 Å². The smallest absolute Gasteiger partial charge is 0.135 e. The fourth-order valence-electron chi connectivity index (χ4n) is 4.58. The van der Waals surface area contributed by atoms with E-state index < -0.39 is 0 Å². The number of halogens is 1. The van der Waals surface area contributed by atoms with Crippen LogP contribution in [0, 0.1) is 0 Å². The lowest BCUT2D eigenvalue weighted by molar-refractivity contribution is 0.153.